The van der Waals surface area contributed by atoms with E-state index in [4.69, 9.17) is 9.26 Å². The van der Waals surface area contributed by atoms with Crippen molar-refractivity contribution in [3.8, 4) is 5.75 Å². The predicted octanol–water partition coefficient (Wildman–Crippen LogP) is 4.53. The van der Waals surface area contributed by atoms with Crippen molar-refractivity contribution in [2.45, 2.75) is 58.0 Å². The van der Waals surface area contributed by atoms with Gasteiger partial charge < -0.3 is 14.6 Å². The maximum absolute atomic E-state index is 13.0. The molecule has 35 heavy (non-hydrogen) atoms. The van der Waals surface area contributed by atoms with E-state index in [9.17, 15) is 13.2 Å². The highest BCUT2D eigenvalue weighted by molar-refractivity contribution is 7.89. The van der Waals surface area contributed by atoms with Crippen LogP contribution in [0.2, 0.25) is 0 Å². The number of carbonyl (C=O) groups excluding carboxylic acids is 1. The number of hydrogen-bond donors (Lipinski definition) is 1. The van der Waals surface area contributed by atoms with Gasteiger partial charge in [0.2, 0.25) is 15.9 Å². The second-order valence-electron chi connectivity index (χ2n) is 8.90. The smallest absolute Gasteiger partial charge is 0.243 e. The Morgan fingerprint density at radius 3 is 2.43 bits per heavy atom. The van der Waals surface area contributed by atoms with Crippen LogP contribution in [-0.2, 0) is 27.8 Å². The lowest BCUT2D eigenvalue weighted by molar-refractivity contribution is -0.115. The molecule has 0 saturated carbocycles. The number of nitrogens with zero attached hydrogens (tertiary/aromatic N) is 2. The fourth-order valence-electron chi connectivity index (χ4n) is 4.10. The number of anilines is 1. The molecule has 1 fully saturated rings. The minimum absolute atomic E-state index is 0.159. The highest BCUT2D eigenvalue weighted by atomic mass is 32.2. The molecule has 1 aliphatic rings. The molecule has 0 atom stereocenters. The number of aryl methyl sites for hydroxylation is 3. The topological polar surface area (TPSA) is 102 Å². The largest absolute Gasteiger partial charge is 0.489 e. The molecule has 8 nitrogen and oxygen atoms in total. The van der Waals surface area contributed by atoms with Crippen LogP contribution in [0.5, 0.6) is 5.75 Å². The van der Waals surface area contributed by atoms with Crippen LogP contribution < -0.4 is 10.1 Å². The van der Waals surface area contributed by atoms with Crippen molar-refractivity contribution >= 4 is 21.6 Å². The van der Waals surface area contributed by atoms with Crippen molar-refractivity contribution in [3.63, 3.8) is 0 Å². The first kappa shape index (κ1) is 24.9. The van der Waals surface area contributed by atoms with E-state index in [2.05, 4.69) is 10.5 Å². The fourth-order valence-corrected chi connectivity index (χ4v) is 5.64. The number of amides is 1. The minimum atomic E-state index is -3.57. The molecule has 0 radical (unpaired) electrons. The second-order valence-corrected chi connectivity index (χ2v) is 10.8. The van der Waals surface area contributed by atoms with Gasteiger partial charge in [0.25, 0.3) is 0 Å². The lowest BCUT2D eigenvalue weighted by atomic mass is 10.1. The van der Waals surface area contributed by atoms with Gasteiger partial charge in [-0.1, -0.05) is 29.8 Å². The van der Waals surface area contributed by atoms with Crippen LogP contribution >= 0.6 is 0 Å². The Balaban J connectivity index is 1.38. The molecule has 0 aliphatic carbocycles. The van der Waals surface area contributed by atoms with Gasteiger partial charge in [0, 0.05) is 18.8 Å². The number of piperidine rings is 1. The Kier molecular flexibility index (Phi) is 7.57. The van der Waals surface area contributed by atoms with E-state index in [0.717, 1.165) is 47.4 Å². The van der Waals surface area contributed by atoms with Crippen LogP contribution in [0, 0.1) is 20.8 Å². The van der Waals surface area contributed by atoms with Crippen molar-refractivity contribution in [1.82, 2.24) is 9.46 Å². The molecule has 2 heterocycles. The average molecular weight is 498 g/mol. The van der Waals surface area contributed by atoms with E-state index in [1.165, 1.54) is 4.31 Å². The summed E-state index contributed by atoms with van der Waals surface area (Å²) in [4.78, 5) is 12.9. The summed E-state index contributed by atoms with van der Waals surface area (Å²) in [6.07, 6.45) is 2.96. The molecule has 3 aromatic rings. The molecule has 4 rings (SSSR count). The number of ether oxygens (including phenoxy) is 1. The minimum Gasteiger partial charge on any atom is -0.489 e. The first-order valence-corrected chi connectivity index (χ1v) is 13.2. The normalized spacial score (nSPS) is 14.6. The molecule has 9 heteroatoms. The molecular formula is C26H31N3O5S. The monoisotopic (exact) mass is 497 g/mol. The van der Waals surface area contributed by atoms with Crippen LogP contribution in [0.4, 0.5) is 5.69 Å². The zero-order valence-electron chi connectivity index (χ0n) is 20.3. The predicted molar refractivity (Wildman–Crippen MR) is 133 cm³/mol. The molecule has 186 valence electrons. The molecule has 1 saturated heterocycles. The Morgan fingerprint density at radius 1 is 1.06 bits per heavy atom. The lowest BCUT2D eigenvalue weighted by Gasteiger charge is -2.26. The van der Waals surface area contributed by atoms with Crippen molar-refractivity contribution < 1.29 is 22.5 Å². The van der Waals surface area contributed by atoms with Gasteiger partial charge in [0.1, 0.15) is 18.1 Å². The Hall–Kier alpha value is -3.17. The molecule has 1 amide bonds. The molecule has 2 aromatic carbocycles. The molecule has 1 aromatic heterocycles. The van der Waals surface area contributed by atoms with Crippen LogP contribution in [0.15, 0.2) is 51.9 Å². The van der Waals surface area contributed by atoms with Gasteiger partial charge in [0.05, 0.1) is 22.6 Å². The van der Waals surface area contributed by atoms with Crippen molar-refractivity contribution in [1.29, 1.82) is 0 Å². The number of aromatic nitrogens is 1. The number of sulfonamides is 1. The van der Waals surface area contributed by atoms with Gasteiger partial charge in [-0.05, 0) is 69.0 Å². The van der Waals surface area contributed by atoms with Gasteiger partial charge in [-0.2, -0.15) is 4.31 Å². The summed E-state index contributed by atoms with van der Waals surface area (Å²) in [6.45, 7) is 7.00. The van der Waals surface area contributed by atoms with Gasteiger partial charge in [-0.25, -0.2) is 8.42 Å². The first-order valence-electron chi connectivity index (χ1n) is 11.8. The van der Waals surface area contributed by atoms with Crippen LogP contribution in [0.3, 0.4) is 0 Å². The number of nitrogens with one attached hydrogen (secondary N) is 1. The van der Waals surface area contributed by atoms with E-state index < -0.39 is 10.0 Å². The van der Waals surface area contributed by atoms with Crippen LogP contribution in [-0.4, -0.2) is 36.9 Å². The average Bonchev–Trinajstić information content (AvgIpc) is 3.17. The summed E-state index contributed by atoms with van der Waals surface area (Å²) in [6, 6.07) is 12.2. The van der Waals surface area contributed by atoms with Crippen molar-refractivity contribution in [2.75, 3.05) is 18.4 Å². The highest BCUT2D eigenvalue weighted by Gasteiger charge is 2.26. The zero-order chi connectivity index (χ0) is 25.0. The molecule has 0 unspecified atom stereocenters. The van der Waals surface area contributed by atoms with E-state index in [1.54, 1.807) is 18.2 Å². The van der Waals surface area contributed by atoms with Gasteiger partial charge in [0.15, 0.2) is 0 Å². The lowest BCUT2D eigenvalue weighted by Crippen LogP contribution is -2.35. The molecule has 1 aliphatic heterocycles. The molecule has 0 bridgehead atoms. The molecule has 1 N–H and O–H groups in total. The highest BCUT2D eigenvalue weighted by Crippen LogP contribution is 2.25. The number of rotatable bonds is 8. The third kappa shape index (κ3) is 5.91. The van der Waals surface area contributed by atoms with E-state index in [1.807, 2.05) is 45.0 Å². The summed E-state index contributed by atoms with van der Waals surface area (Å²) in [7, 11) is -3.57. The van der Waals surface area contributed by atoms with Crippen molar-refractivity contribution in [2.24, 2.45) is 0 Å². The summed E-state index contributed by atoms with van der Waals surface area (Å²) < 4.78 is 38.5. The standard InChI is InChI=1S/C26H31N3O5S/c1-18-7-12-23(35(31,32)29-13-5-4-6-14-29)16-25(18)27-26(30)15-21-8-10-22(11-9-21)33-17-24-19(2)28-34-20(24)3/h7-12,16H,4-6,13-15,17H2,1-3H3,(H,27,30). The maximum atomic E-state index is 13.0. The summed E-state index contributed by atoms with van der Waals surface area (Å²) in [5.74, 6) is 1.20. The fraction of sp³-hybridized carbons (Fsp3) is 0.385. The Morgan fingerprint density at radius 2 is 1.77 bits per heavy atom. The summed E-state index contributed by atoms with van der Waals surface area (Å²) in [5, 5.41) is 6.80. The third-order valence-corrected chi connectivity index (χ3v) is 8.18. The quantitative estimate of drug-likeness (QED) is 0.490. The van der Waals surface area contributed by atoms with Crippen LogP contribution in [0.1, 0.15) is 47.4 Å². The first-order chi connectivity index (χ1) is 16.7. The number of benzene rings is 2. The van der Waals surface area contributed by atoms with E-state index >= 15 is 0 Å². The maximum Gasteiger partial charge on any atom is 0.243 e. The van der Waals surface area contributed by atoms with Crippen molar-refractivity contribution in [3.05, 3.63) is 70.6 Å². The van der Waals surface area contributed by atoms with Gasteiger partial charge in [-0.15, -0.1) is 0 Å². The zero-order valence-corrected chi connectivity index (χ0v) is 21.2. The van der Waals surface area contributed by atoms with Crippen LogP contribution in [0.25, 0.3) is 0 Å². The SMILES string of the molecule is Cc1ccc(S(=O)(=O)N2CCCCC2)cc1NC(=O)Cc1ccc(OCc2c(C)noc2C)cc1. The van der Waals surface area contributed by atoms with E-state index in [-0.39, 0.29) is 17.2 Å². The van der Waals surface area contributed by atoms with Gasteiger partial charge in [-0.3, -0.25) is 4.79 Å². The van der Waals surface area contributed by atoms with E-state index in [0.29, 0.717) is 31.1 Å². The molecular weight excluding hydrogens is 466 g/mol. The number of carbonyl (C=O) groups is 1. The Bertz CT molecular complexity index is 1270. The summed E-state index contributed by atoms with van der Waals surface area (Å²) in [5.41, 5.74) is 3.86. The number of hydrogen-bond acceptors (Lipinski definition) is 6. The van der Waals surface area contributed by atoms with Gasteiger partial charge >= 0.3 is 0 Å². The third-order valence-electron chi connectivity index (χ3n) is 6.29. The molecule has 0 spiro atoms. The summed E-state index contributed by atoms with van der Waals surface area (Å²) >= 11 is 0. The Labute approximate surface area is 206 Å². The second kappa shape index (κ2) is 10.6.